The Balaban J connectivity index is 2.78. The molecule has 0 saturated heterocycles. The van der Waals surface area contributed by atoms with Gasteiger partial charge in [0.15, 0.2) is 0 Å². The van der Waals surface area contributed by atoms with Crippen molar-refractivity contribution in [3.05, 3.63) is 11.8 Å². The van der Waals surface area contributed by atoms with Crippen molar-refractivity contribution in [1.82, 2.24) is 9.97 Å². The van der Waals surface area contributed by atoms with Gasteiger partial charge in [-0.3, -0.25) is 0 Å². The fraction of sp³-hybridized carbons (Fsp3) is 0.636. The highest BCUT2D eigenvalue weighted by Gasteiger charge is 2.08. The topological polar surface area (TPSA) is 67.3 Å². The van der Waals surface area contributed by atoms with Crippen molar-refractivity contribution in [3.8, 4) is 5.88 Å². The summed E-state index contributed by atoms with van der Waals surface area (Å²) in [6.45, 7) is 6.43. The molecule has 90 valence electrons. The van der Waals surface area contributed by atoms with E-state index >= 15 is 0 Å². The number of anilines is 1. The summed E-state index contributed by atoms with van der Waals surface area (Å²) in [5.41, 5.74) is 0.841. The van der Waals surface area contributed by atoms with E-state index in [4.69, 9.17) is 9.84 Å². The van der Waals surface area contributed by atoms with Crippen LogP contribution >= 0.6 is 0 Å². The fourth-order valence-electron chi connectivity index (χ4n) is 1.29. The molecule has 0 bridgehead atoms. The summed E-state index contributed by atoms with van der Waals surface area (Å²) in [5.74, 6) is 1.06. The van der Waals surface area contributed by atoms with E-state index in [1.807, 2.05) is 20.8 Å². The van der Waals surface area contributed by atoms with Gasteiger partial charge in [-0.25, -0.2) is 4.98 Å². The van der Waals surface area contributed by atoms with Crippen LogP contribution in [0.4, 0.5) is 5.95 Å². The molecule has 1 unspecified atom stereocenters. The normalized spacial score (nSPS) is 12.2. The van der Waals surface area contributed by atoms with Gasteiger partial charge in [-0.05, 0) is 20.3 Å². The number of hydrogen-bond acceptors (Lipinski definition) is 5. The zero-order chi connectivity index (χ0) is 12.0. The zero-order valence-corrected chi connectivity index (χ0v) is 10.0. The highest BCUT2D eigenvalue weighted by Crippen LogP contribution is 2.13. The number of hydrogen-bond donors (Lipinski definition) is 2. The molecule has 2 N–H and O–H groups in total. The van der Waals surface area contributed by atoms with Crippen LogP contribution in [0.5, 0.6) is 5.88 Å². The highest BCUT2D eigenvalue weighted by atomic mass is 16.5. The Morgan fingerprint density at radius 3 is 2.75 bits per heavy atom. The lowest BCUT2D eigenvalue weighted by Gasteiger charge is -2.14. The SMILES string of the molecule is CCOc1cc(C)nc(NC(CC)CO)n1. The van der Waals surface area contributed by atoms with E-state index in [1.165, 1.54) is 0 Å². The Morgan fingerprint density at radius 2 is 2.19 bits per heavy atom. The van der Waals surface area contributed by atoms with Crippen LogP contribution in [-0.2, 0) is 0 Å². The van der Waals surface area contributed by atoms with Crippen LogP contribution in [0.3, 0.4) is 0 Å². The Morgan fingerprint density at radius 1 is 1.44 bits per heavy atom. The molecule has 5 heteroatoms. The second-order valence-corrected chi connectivity index (χ2v) is 3.54. The number of ether oxygens (including phenoxy) is 1. The van der Waals surface area contributed by atoms with Crippen LogP contribution in [0.25, 0.3) is 0 Å². The second kappa shape index (κ2) is 6.27. The Kier molecular flexibility index (Phi) is 4.98. The average molecular weight is 225 g/mol. The maximum Gasteiger partial charge on any atom is 0.226 e. The van der Waals surface area contributed by atoms with Crippen molar-refractivity contribution in [2.75, 3.05) is 18.5 Å². The molecule has 0 aliphatic heterocycles. The van der Waals surface area contributed by atoms with E-state index < -0.39 is 0 Å². The van der Waals surface area contributed by atoms with Crippen molar-refractivity contribution < 1.29 is 9.84 Å². The van der Waals surface area contributed by atoms with Gasteiger partial charge < -0.3 is 15.2 Å². The summed E-state index contributed by atoms with van der Waals surface area (Å²) in [7, 11) is 0. The molecule has 5 nitrogen and oxygen atoms in total. The van der Waals surface area contributed by atoms with Crippen molar-refractivity contribution in [2.45, 2.75) is 33.2 Å². The molecular weight excluding hydrogens is 206 g/mol. The number of aliphatic hydroxyl groups excluding tert-OH is 1. The van der Waals surface area contributed by atoms with Crippen LogP contribution in [0.2, 0.25) is 0 Å². The molecule has 1 heterocycles. The standard InChI is InChI=1S/C11H19N3O2/c1-4-9(7-15)13-11-12-8(3)6-10(14-11)16-5-2/h6,9,15H,4-5,7H2,1-3H3,(H,12,13,14). The van der Waals surface area contributed by atoms with E-state index in [-0.39, 0.29) is 12.6 Å². The molecule has 0 aliphatic carbocycles. The maximum atomic E-state index is 9.08. The number of nitrogens with one attached hydrogen (secondary N) is 1. The van der Waals surface area contributed by atoms with Crippen molar-refractivity contribution in [2.24, 2.45) is 0 Å². The molecule has 0 amide bonds. The van der Waals surface area contributed by atoms with E-state index in [2.05, 4.69) is 15.3 Å². The second-order valence-electron chi connectivity index (χ2n) is 3.54. The van der Waals surface area contributed by atoms with Crippen molar-refractivity contribution in [1.29, 1.82) is 0 Å². The number of nitrogens with zero attached hydrogens (tertiary/aromatic N) is 2. The molecule has 0 saturated carbocycles. The molecule has 1 rings (SSSR count). The average Bonchev–Trinajstić information content (AvgIpc) is 2.25. The Bertz CT molecular complexity index is 327. The minimum atomic E-state index is -0.0173. The van der Waals surface area contributed by atoms with Gasteiger partial charge in [0.05, 0.1) is 19.3 Å². The van der Waals surface area contributed by atoms with Gasteiger partial charge in [0.25, 0.3) is 0 Å². The molecule has 1 aromatic heterocycles. The minimum Gasteiger partial charge on any atom is -0.478 e. The number of aliphatic hydroxyl groups is 1. The Labute approximate surface area is 95.9 Å². The predicted molar refractivity (Wildman–Crippen MR) is 62.7 cm³/mol. The first kappa shape index (κ1) is 12.7. The van der Waals surface area contributed by atoms with Crippen LogP contribution in [0.15, 0.2) is 6.07 Å². The summed E-state index contributed by atoms with van der Waals surface area (Å²) in [6, 6.07) is 1.77. The van der Waals surface area contributed by atoms with Gasteiger partial charge in [-0.1, -0.05) is 6.92 Å². The van der Waals surface area contributed by atoms with Crippen LogP contribution in [-0.4, -0.2) is 34.3 Å². The third-order valence-electron chi connectivity index (χ3n) is 2.17. The molecule has 0 fully saturated rings. The first-order chi connectivity index (χ1) is 7.69. The van der Waals surface area contributed by atoms with E-state index in [1.54, 1.807) is 6.07 Å². The highest BCUT2D eigenvalue weighted by molar-refractivity contribution is 5.31. The number of aryl methyl sites for hydroxylation is 1. The smallest absolute Gasteiger partial charge is 0.226 e. The Hall–Kier alpha value is -1.36. The van der Waals surface area contributed by atoms with Crippen LogP contribution in [0, 0.1) is 6.92 Å². The van der Waals surface area contributed by atoms with Gasteiger partial charge in [0.1, 0.15) is 0 Å². The molecule has 1 aromatic rings. The maximum absolute atomic E-state index is 9.08. The van der Waals surface area contributed by atoms with Gasteiger partial charge in [0, 0.05) is 11.8 Å². The molecule has 16 heavy (non-hydrogen) atoms. The van der Waals surface area contributed by atoms with Crippen molar-refractivity contribution >= 4 is 5.95 Å². The third kappa shape index (κ3) is 3.66. The van der Waals surface area contributed by atoms with Gasteiger partial charge in [-0.15, -0.1) is 0 Å². The molecule has 0 spiro atoms. The number of rotatable bonds is 6. The van der Waals surface area contributed by atoms with Gasteiger partial charge in [0.2, 0.25) is 11.8 Å². The first-order valence-electron chi connectivity index (χ1n) is 5.55. The van der Waals surface area contributed by atoms with Crippen LogP contribution < -0.4 is 10.1 Å². The van der Waals surface area contributed by atoms with E-state index in [9.17, 15) is 0 Å². The first-order valence-corrected chi connectivity index (χ1v) is 5.55. The fourth-order valence-corrected chi connectivity index (χ4v) is 1.29. The predicted octanol–water partition coefficient (Wildman–Crippen LogP) is 1.37. The number of aromatic nitrogens is 2. The molecule has 0 aromatic carbocycles. The summed E-state index contributed by atoms with van der Waals surface area (Å²) in [4.78, 5) is 8.44. The van der Waals surface area contributed by atoms with Crippen molar-refractivity contribution in [3.63, 3.8) is 0 Å². The van der Waals surface area contributed by atoms with E-state index in [0.29, 0.717) is 18.4 Å². The largest absolute Gasteiger partial charge is 0.478 e. The minimum absolute atomic E-state index is 0.0173. The molecular formula is C11H19N3O2. The quantitative estimate of drug-likeness (QED) is 0.765. The summed E-state index contributed by atoms with van der Waals surface area (Å²) in [6.07, 6.45) is 0.817. The van der Waals surface area contributed by atoms with Crippen LogP contribution in [0.1, 0.15) is 26.0 Å². The molecule has 1 atom stereocenters. The summed E-state index contributed by atoms with van der Waals surface area (Å²) < 4.78 is 5.32. The lowest BCUT2D eigenvalue weighted by Crippen LogP contribution is -2.24. The monoisotopic (exact) mass is 225 g/mol. The lowest BCUT2D eigenvalue weighted by atomic mass is 10.2. The zero-order valence-electron chi connectivity index (χ0n) is 10.0. The molecule has 0 radical (unpaired) electrons. The van der Waals surface area contributed by atoms with Gasteiger partial charge in [-0.2, -0.15) is 4.98 Å². The summed E-state index contributed by atoms with van der Waals surface area (Å²) in [5, 5.41) is 12.1. The van der Waals surface area contributed by atoms with Gasteiger partial charge >= 0.3 is 0 Å². The molecule has 0 aliphatic rings. The summed E-state index contributed by atoms with van der Waals surface area (Å²) >= 11 is 0. The van der Waals surface area contributed by atoms with E-state index in [0.717, 1.165) is 12.1 Å². The lowest BCUT2D eigenvalue weighted by molar-refractivity contribution is 0.271. The third-order valence-corrected chi connectivity index (χ3v) is 2.17.